The van der Waals surface area contributed by atoms with E-state index in [9.17, 15) is 34.8 Å². The first-order valence-electron chi connectivity index (χ1n) is 14.8. The molecule has 0 N–H and O–H groups in total. The van der Waals surface area contributed by atoms with Crippen molar-refractivity contribution >= 4 is 38.6 Å². The Bertz CT molecular complexity index is 1200. The van der Waals surface area contributed by atoms with Crippen LogP contribution in [-0.2, 0) is 34.4 Å². The van der Waals surface area contributed by atoms with Crippen LogP contribution in [0.1, 0.15) is 98.6 Å². The highest BCUT2D eigenvalue weighted by Crippen LogP contribution is 2.39. The zero-order valence-electron chi connectivity index (χ0n) is 26.4. The number of unbranched alkanes of at least 4 members (excludes halogenated alkanes) is 6. The highest BCUT2D eigenvalue weighted by atomic mass is 79.9. The van der Waals surface area contributed by atoms with Gasteiger partial charge >= 0.3 is 12.4 Å². The second kappa shape index (κ2) is 18.1. The lowest BCUT2D eigenvalue weighted by molar-refractivity contribution is -0.106. The van der Waals surface area contributed by atoms with Crippen molar-refractivity contribution in [1.82, 2.24) is 0 Å². The number of rotatable bonds is 16. The molecule has 252 valence electrons. The highest BCUT2D eigenvalue weighted by molar-refractivity contribution is 8.93. The van der Waals surface area contributed by atoms with E-state index in [-0.39, 0.29) is 38.3 Å². The Morgan fingerprint density at radius 3 is 1.23 bits per heavy atom. The Kier molecular flexibility index (Phi) is 16.7. The van der Waals surface area contributed by atoms with Crippen molar-refractivity contribution in [2.24, 2.45) is 0 Å². The molecule has 0 heterocycles. The summed E-state index contributed by atoms with van der Waals surface area (Å²) in [6, 6.07) is 2.71. The maximum Gasteiger partial charge on any atom is 0.400 e. The first kappa shape index (κ1) is 40.6. The summed E-state index contributed by atoms with van der Waals surface area (Å²) < 4.78 is 112. The van der Waals surface area contributed by atoms with Gasteiger partial charge in [0.15, 0.2) is 0 Å². The van der Waals surface area contributed by atoms with Crippen LogP contribution in [0.2, 0.25) is 0 Å². The zero-order chi connectivity index (χ0) is 32.5. The Balaban J connectivity index is 0.00000968. The first-order chi connectivity index (χ1) is 20.0. The third kappa shape index (κ3) is 12.1. The molecule has 0 bridgehead atoms. The van der Waals surface area contributed by atoms with Gasteiger partial charge in [-0.3, -0.25) is 8.42 Å². The van der Waals surface area contributed by atoms with E-state index in [1.54, 1.807) is 27.7 Å². The molecule has 0 fully saturated rings. The molecule has 0 saturated heterocycles. The predicted octanol–water partition coefficient (Wildman–Crippen LogP) is 10.9. The average molecular weight is 736 g/mol. The lowest BCUT2D eigenvalue weighted by Crippen LogP contribution is -2.20. The van der Waals surface area contributed by atoms with Gasteiger partial charge in [0.2, 0.25) is 0 Å². The summed E-state index contributed by atoms with van der Waals surface area (Å²) >= 11 is 0. The van der Waals surface area contributed by atoms with E-state index in [4.69, 9.17) is 4.74 Å². The molecule has 0 amide bonds. The van der Waals surface area contributed by atoms with Crippen LogP contribution in [0.5, 0.6) is 11.5 Å². The zero-order valence-corrected chi connectivity index (χ0v) is 29.7. The standard InChI is InChI=1S/C32H44F6O3S2.BrH/c1-7-9-11-13-15-25-21(3)27(17-29(23(25)5)42(39)19-31(33,34)35)41-28-18-30(43(40)20-32(36,37)38)24(6)26(22(28)4)16-14-12-10-8-2;/h17-18H,7-16,19-20H2,1-6H3;1H. The molecule has 0 spiro atoms. The van der Waals surface area contributed by atoms with E-state index in [1.807, 2.05) is 0 Å². The molecule has 0 saturated carbocycles. The van der Waals surface area contributed by atoms with Crippen LogP contribution in [-0.4, -0.2) is 32.3 Å². The molecule has 0 aliphatic heterocycles. The van der Waals surface area contributed by atoms with E-state index >= 15 is 0 Å². The van der Waals surface area contributed by atoms with Crippen LogP contribution in [0.3, 0.4) is 0 Å². The summed E-state index contributed by atoms with van der Waals surface area (Å²) in [5.41, 5.74) is 3.89. The molecule has 2 aromatic carbocycles. The van der Waals surface area contributed by atoms with Crippen molar-refractivity contribution in [3.05, 3.63) is 45.5 Å². The molecular formula is C32H45BrF6O3S2. The Morgan fingerprint density at radius 1 is 0.591 bits per heavy atom. The fraction of sp³-hybridized carbons (Fsp3) is 0.625. The Hall–Kier alpha value is -1.40. The lowest BCUT2D eigenvalue weighted by atomic mass is 9.95. The van der Waals surface area contributed by atoms with Crippen molar-refractivity contribution < 1.29 is 39.5 Å². The van der Waals surface area contributed by atoms with Gasteiger partial charge in [-0.1, -0.05) is 52.4 Å². The molecule has 2 rings (SSSR count). The van der Waals surface area contributed by atoms with Crippen LogP contribution in [0.15, 0.2) is 21.9 Å². The predicted molar refractivity (Wildman–Crippen MR) is 173 cm³/mol. The van der Waals surface area contributed by atoms with Crippen LogP contribution in [0.4, 0.5) is 26.3 Å². The molecule has 0 aliphatic rings. The third-order valence-corrected chi connectivity index (χ3v) is 10.7. The summed E-state index contributed by atoms with van der Waals surface area (Å²) in [6.07, 6.45) is -0.714. The van der Waals surface area contributed by atoms with Crippen molar-refractivity contribution in [3.63, 3.8) is 0 Å². The Morgan fingerprint density at radius 2 is 0.932 bits per heavy atom. The number of ether oxygens (including phenoxy) is 1. The first-order valence-corrected chi connectivity index (χ1v) is 17.5. The fourth-order valence-corrected chi connectivity index (χ4v) is 7.60. The quantitative estimate of drug-likeness (QED) is 0.127. The van der Waals surface area contributed by atoms with Crippen molar-refractivity contribution in [1.29, 1.82) is 0 Å². The van der Waals surface area contributed by atoms with Crippen LogP contribution < -0.4 is 4.74 Å². The molecule has 44 heavy (non-hydrogen) atoms. The van der Waals surface area contributed by atoms with Gasteiger partial charge in [0.25, 0.3) is 0 Å². The maximum atomic E-state index is 13.2. The van der Waals surface area contributed by atoms with E-state index in [2.05, 4.69) is 13.8 Å². The molecule has 0 aliphatic carbocycles. The lowest BCUT2D eigenvalue weighted by Gasteiger charge is -2.22. The largest absolute Gasteiger partial charge is 0.457 e. The van der Waals surface area contributed by atoms with E-state index in [0.29, 0.717) is 35.1 Å². The van der Waals surface area contributed by atoms with Gasteiger partial charge in [0.1, 0.15) is 23.0 Å². The Labute approximate surface area is 273 Å². The van der Waals surface area contributed by atoms with Crippen molar-refractivity contribution in [3.8, 4) is 11.5 Å². The van der Waals surface area contributed by atoms with Gasteiger partial charge in [0.05, 0.1) is 21.6 Å². The summed E-state index contributed by atoms with van der Waals surface area (Å²) in [5, 5.41) is 0. The number of hydrogen-bond acceptors (Lipinski definition) is 3. The van der Waals surface area contributed by atoms with Gasteiger partial charge in [-0.2, -0.15) is 26.3 Å². The minimum absolute atomic E-state index is 0. The van der Waals surface area contributed by atoms with Gasteiger partial charge < -0.3 is 4.74 Å². The maximum absolute atomic E-state index is 13.2. The molecule has 2 aromatic rings. The fourth-order valence-electron chi connectivity index (χ4n) is 5.29. The van der Waals surface area contributed by atoms with Crippen LogP contribution >= 0.6 is 17.0 Å². The molecule has 3 nitrogen and oxygen atoms in total. The second-order valence-corrected chi connectivity index (χ2v) is 14.0. The topological polar surface area (TPSA) is 43.4 Å². The number of alkyl halides is 6. The van der Waals surface area contributed by atoms with Crippen LogP contribution in [0.25, 0.3) is 0 Å². The van der Waals surface area contributed by atoms with E-state index in [0.717, 1.165) is 62.5 Å². The molecule has 2 unspecified atom stereocenters. The summed E-state index contributed by atoms with van der Waals surface area (Å²) in [5.74, 6) is -2.62. The van der Waals surface area contributed by atoms with E-state index < -0.39 is 45.5 Å². The van der Waals surface area contributed by atoms with E-state index in [1.165, 1.54) is 12.1 Å². The summed E-state index contributed by atoms with van der Waals surface area (Å²) in [7, 11) is -4.76. The summed E-state index contributed by atoms with van der Waals surface area (Å²) in [6.45, 7) is 11.0. The number of benzene rings is 2. The minimum atomic E-state index is -4.64. The molecule has 0 radical (unpaired) electrons. The van der Waals surface area contributed by atoms with Crippen LogP contribution in [0, 0.1) is 27.7 Å². The number of halogens is 7. The smallest absolute Gasteiger partial charge is 0.400 e. The van der Waals surface area contributed by atoms with Gasteiger partial charge in [-0.25, -0.2) is 0 Å². The SMILES string of the molecule is Br.CCCCCCc1c(C)c(Oc2cc(S(=O)CC(F)(F)F)c(C)c(CCCCCC)c2C)cc(S(=O)CC(F)(F)F)c1C. The normalized spacial score (nSPS) is 13.5. The second-order valence-electron chi connectivity index (χ2n) is 11.1. The molecule has 12 heteroatoms. The molecule has 2 atom stereocenters. The van der Waals surface area contributed by atoms with Crippen molar-refractivity contribution in [2.75, 3.05) is 11.5 Å². The minimum Gasteiger partial charge on any atom is -0.457 e. The molecular weight excluding hydrogens is 690 g/mol. The van der Waals surface area contributed by atoms with Gasteiger partial charge in [0, 0.05) is 9.79 Å². The highest BCUT2D eigenvalue weighted by Gasteiger charge is 2.34. The average Bonchev–Trinajstić information content (AvgIpc) is 2.88. The number of hydrogen-bond donors (Lipinski definition) is 0. The summed E-state index contributed by atoms with van der Waals surface area (Å²) in [4.78, 5) is 0.0442. The van der Waals surface area contributed by atoms with Gasteiger partial charge in [-0.15, -0.1) is 17.0 Å². The van der Waals surface area contributed by atoms with Crippen molar-refractivity contribution in [2.45, 2.75) is 128 Å². The third-order valence-electron chi connectivity index (χ3n) is 7.67. The van der Waals surface area contributed by atoms with Gasteiger partial charge in [-0.05, 0) is 98.9 Å². The molecule has 0 aromatic heterocycles. The monoisotopic (exact) mass is 734 g/mol.